The number of aryl methyl sites for hydroxylation is 1. The largest absolute Gasteiger partial charge is 0.379 e. The minimum absolute atomic E-state index is 0.0329. The molecule has 0 aliphatic carbocycles. The van der Waals surface area contributed by atoms with Crippen molar-refractivity contribution in [1.82, 2.24) is 5.32 Å². The van der Waals surface area contributed by atoms with Crippen LogP contribution in [0.2, 0.25) is 0 Å². The van der Waals surface area contributed by atoms with Crippen molar-refractivity contribution in [3.05, 3.63) is 29.8 Å². The highest BCUT2D eigenvalue weighted by Gasteiger charge is 2.32. The van der Waals surface area contributed by atoms with Gasteiger partial charge in [0.05, 0.1) is 19.1 Å². The predicted molar refractivity (Wildman–Crippen MR) is 85.5 cm³/mol. The molecule has 1 heterocycles. The first-order chi connectivity index (χ1) is 10.2. The van der Waals surface area contributed by atoms with Crippen LogP contribution < -0.4 is 10.6 Å². The van der Waals surface area contributed by atoms with Crippen molar-refractivity contribution >= 4 is 11.6 Å². The van der Waals surface area contributed by atoms with Crippen LogP contribution in [0, 0.1) is 5.92 Å². The molecule has 1 aromatic rings. The summed E-state index contributed by atoms with van der Waals surface area (Å²) in [6.45, 7) is 3.31. The molecule has 2 atom stereocenters. The molecule has 116 valence electrons. The van der Waals surface area contributed by atoms with Gasteiger partial charge in [-0.3, -0.25) is 4.79 Å². The normalized spacial score (nSPS) is 21.4. The van der Waals surface area contributed by atoms with Crippen LogP contribution in [0.3, 0.4) is 0 Å². The molecule has 1 aliphatic heterocycles. The predicted octanol–water partition coefficient (Wildman–Crippen LogP) is 2.59. The molecular weight excluding hydrogens is 264 g/mol. The Kier molecular flexibility index (Phi) is 6.21. The summed E-state index contributed by atoms with van der Waals surface area (Å²) in [4.78, 5) is 12.2. The first-order valence-corrected chi connectivity index (χ1v) is 7.89. The number of hydrogen-bond donors (Lipinski definition) is 2. The lowest BCUT2D eigenvalue weighted by molar-refractivity contribution is -0.120. The number of nitrogens with one attached hydrogen (secondary N) is 2. The number of anilines is 1. The number of unbranched alkanes of at least 4 members (excludes halogenated alkanes) is 2. The second-order valence-corrected chi connectivity index (χ2v) is 5.68. The maximum atomic E-state index is 12.2. The number of ether oxygens (including phenoxy) is 1. The molecule has 1 fully saturated rings. The Labute approximate surface area is 127 Å². The third kappa shape index (κ3) is 4.55. The van der Waals surface area contributed by atoms with E-state index in [4.69, 9.17) is 4.74 Å². The molecule has 0 bridgehead atoms. The van der Waals surface area contributed by atoms with Gasteiger partial charge >= 0.3 is 0 Å². The first kappa shape index (κ1) is 16.0. The molecule has 0 saturated carbocycles. The fourth-order valence-corrected chi connectivity index (χ4v) is 2.67. The van der Waals surface area contributed by atoms with Gasteiger partial charge < -0.3 is 15.4 Å². The van der Waals surface area contributed by atoms with E-state index in [0.29, 0.717) is 13.2 Å². The molecule has 2 rings (SSSR count). The summed E-state index contributed by atoms with van der Waals surface area (Å²) in [5.74, 6) is -0.0789. The van der Waals surface area contributed by atoms with E-state index in [1.807, 2.05) is 19.2 Å². The van der Waals surface area contributed by atoms with Crippen molar-refractivity contribution in [1.29, 1.82) is 0 Å². The van der Waals surface area contributed by atoms with E-state index < -0.39 is 0 Å². The standard InChI is InChI=1S/C17H26N2O2/c1-3-4-5-6-13-7-9-14(10-8-13)19-17(20)15-11-21-12-16(15)18-2/h7-10,15-16,18H,3-6,11-12H2,1-2H3,(H,19,20). The average molecular weight is 290 g/mol. The number of amides is 1. The number of carbonyl (C=O) groups is 1. The van der Waals surface area contributed by atoms with Gasteiger partial charge in [-0.1, -0.05) is 31.9 Å². The van der Waals surface area contributed by atoms with Crippen LogP contribution in [0.25, 0.3) is 0 Å². The topological polar surface area (TPSA) is 50.4 Å². The first-order valence-electron chi connectivity index (χ1n) is 7.89. The Bertz CT molecular complexity index is 445. The van der Waals surface area contributed by atoms with Crippen LogP contribution in [0.4, 0.5) is 5.69 Å². The van der Waals surface area contributed by atoms with Gasteiger partial charge in [0.25, 0.3) is 0 Å². The van der Waals surface area contributed by atoms with Gasteiger partial charge in [-0.2, -0.15) is 0 Å². The Morgan fingerprint density at radius 1 is 1.24 bits per heavy atom. The van der Waals surface area contributed by atoms with Crippen LogP contribution >= 0.6 is 0 Å². The van der Waals surface area contributed by atoms with Gasteiger partial charge in [0.1, 0.15) is 0 Å². The zero-order chi connectivity index (χ0) is 15.1. The molecule has 4 heteroatoms. The summed E-state index contributed by atoms with van der Waals surface area (Å²) in [7, 11) is 1.87. The van der Waals surface area contributed by atoms with Crippen molar-refractivity contribution in [2.24, 2.45) is 5.92 Å². The van der Waals surface area contributed by atoms with Gasteiger partial charge in [-0.05, 0) is 37.6 Å². The fourth-order valence-electron chi connectivity index (χ4n) is 2.67. The van der Waals surface area contributed by atoms with Gasteiger partial charge in [-0.15, -0.1) is 0 Å². The number of benzene rings is 1. The SMILES string of the molecule is CCCCCc1ccc(NC(=O)C2COCC2NC)cc1. The van der Waals surface area contributed by atoms with E-state index in [-0.39, 0.29) is 17.9 Å². The Morgan fingerprint density at radius 2 is 2.00 bits per heavy atom. The van der Waals surface area contributed by atoms with Crippen LogP contribution in [0.5, 0.6) is 0 Å². The molecule has 0 aromatic heterocycles. The molecule has 1 saturated heterocycles. The quantitative estimate of drug-likeness (QED) is 0.759. The van der Waals surface area contributed by atoms with Crippen LogP contribution in [0.15, 0.2) is 24.3 Å². The van der Waals surface area contributed by atoms with Crippen molar-refractivity contribution in [3.63, 3.8) is 0 Å². The number of rotatable bonds is 7. The van der Waals surface area contributed by atoms with Gasteiger partial charge in [0.2, 0.25) is 5.91 Å². The van der Waals surface area contributed by atoms with E-state index in [0.717, 1.165) is 12.1 Å². The second kappa shape index (κ2) is 8.15. The fraction of sp³-hybridized carbons (Fsp3) is 0.588. The van der Waals surface area contributed by atoms with E-state index in [1.165, 1.54) is 24.8 Å². The highest BCUT2D eigenvalue weighted by atomic mass is 16.5. The molecule has 0 radical (unpaired) electrons. The average Bonchev–Trinajstić information content (AvgIpc) is 2.98. The highest BCUT2D eigenvalue weighted by Crippen LogP contribution is 2.17. The van der Waals surface area contributed by atoms with Crippen LogP contribution in [-0.4, -0.2) is 32.2 Å². The van der Waals surface area contributed by atoms with Gasteiger partial charge in [-0.25, -0.2) is 0 Å². The Morgan fingerprint density at radius 3 is 2.67 bits per heavy atom. The summed E-state index contributed by atoms with van der Waals surface area (Å²) < 4.78 is 5.37. The number of carbonyl (C=O) groups excluding carboxylic acids is 1. The summed E-state index contributed by atoms with van der Waals surface area (Å²) in [5, 5.41) is 6.12. The molecular formula is C17H26N2O2. The maximum absolute atomic E-state index is 12.2. The zero-order valence-corrected chi connectivity index (χ0v) is 13.0. The van der Waals surface area contributed by atoms with Crippen molar-refractivity contribution < 1.29 is 9.53 Å². The number of likely N-dealkylation sites (N-methyl/N-ethyl adjacent to an activating group) is 1. The Balaban J connectivity index is 1.86. The summed E-state index contributed by atoms with van der Waals surface area (Å²) in [6, 6.07) is 8.29. The molecule has 21 heavy (non-hydrogen) atoms. The molecule has 4 nitrogen and oxygen atoms in total. The van der Waals surface area contributed by atoms with Crippen molar-refractivity contribution in [2.45, 2.75) is 38.6 Å². The molecule has 0 spiro atoms. The Hall–Kier alpha value is -1.39. The highest BCUT2D eigenvalue weighted by molar-refractivity contribution is 5.93. The lowest BCUT2D eigenvalue weighted by Crippen LogP contribution is -2.39. The molecule has 1 aromatic carbocycles. The molecule has 2 N–H and O–H groups in total. The van der Waals surface area contributed by atoms with Crippen LogP contribution in [-0.2, 0) is 16.0 Å². The summed E-state index contributed by atoms with van der Waals surface area (Å²) in [5.41, 5.74) is 2.19. The molecule has 1 amide bonds. The summed E-state index contributed by atoms with van der Waals surface area (Å²) >= 11 is 0. The number of hydrogen-bond acceptors (Lipinski definition) is 3. The second-order valence-electron chi connectivity index (χ2n) is 5.68. The minimum Gasteiger partial charge on any atom is -0.379 e. The molecule has 1 aliphatic rings. The van der Waals surface area contributed by atoms with E-state index >= 15 is 0 Å². The van der Waals surface area contributed by atoms with E-state index in [2.05, 4.69) is 29.7 Å². The lowest BCUT2D eigenvalue weighted by atomic mass is 10.0. The van der Waals surface area contributed by atoms with E-state index in [9.17, 15) is 4.79 Å². The smallest absolute Gasteiger partial charge is 0.231 e. The van der Waals surface area contributed by atoms with E-state index in [1.54, 1.807) is 0 Å². The minimum atomic E-state index is -0.112. The zero-order valence-electron chi connectivity index (χ0n) is 13.0. The molecule has 2 unspecified atom stereocenters. The van der Waals surface area contributed by atoms with Crippen molar-refractivity contribution in [3.8, 4) is 0 Å². The van der Waals surface area contributed by atoms with Crippen molar-refractivity contribution in [2.75, 3.05) is 25.6 Å². The van der Waals surface area contributed by atoms with Gasteiger partial charge in [0.15, 0.2) is 0 Å². The van der Waals surface area contributed by atoms with Crippen LogP contribution in [0.1, 0.15) is 31.7 Å². The lowest BCUT2D eigenvalue weighted by Gasteiger charge is -2.16. The summed E-state index contributed by atoms with van der Waals surface area (Å²) in [6.07, 6.45) is 4.85. The third-order valence-corrected chi connectivity index (χ3v) is 4.08. The third-order valence-electron chi connectivity index (χ3n) is 4.08. The maximum Gasteiger partial charge on any atom is 0.231 e. The van der Waals surface area contributed by atoms with Gasteiger partial charge in [0, 0.05) is 11.7 Å². The monoisotopic (exact) mass is 290 g/mol.